The van der Waals surface area contributed by atoms with Crippen molar-refractivity contribution in [2.45, 2.75) is 5.92 Å². The maximum absolute atomic E-state index is 6.27. The highest BCUT2D eigenvalue weighted by Gasteiger charge is 2.19. The molecule has 0 saturated heterocycles. The Balaban J connectivity index is 1.14. The van der Waals surface area contributed by atoms with Crippen molar-refractivity contribution in [2.75, 3.05) is 0 Å². The van der Waals surface area contributed by atoms with E-state index in [1.807, 2.05) is 48.5 Å². The van der Waals surface area contributed by atoms with Crippen molar-refractivity contribution in [3.63, 3.8) is 0 Å². The number of hydrogen-bond donors (Lipinski definition) is 0. The highest BCUT2D eigenvalue weighted by atomic mass is 16.4. The fraction of sp³-hybridized carbons (Fsp3) is 0.0208. The van der Waals surface area contributed by atoms with E-state index in [1.165, 1.54) is 0 Å². The van der Waals surface area contributed by atoms with Gasteiger partial charge in [-0.3, -0.25) is 4.40 Å². The van der Waals surface area contributed by atoms with Gasteiger partial charge in [0.05, 0.1) is 27.9 Å². The second-order valence-corrected chi connectivity index (χ2v) is 13.3. The van der Waals surface area contributed by atoms with Gasteiger partial charge in [-0.25, -0.2) is 9.97 Å². The Morgan fingerprint density at radius 1 is 0.453 bits per heavy atom. The zero-order valence-corrected chi connectivity index (χ0v) is 28.7. The molecule has 250 valence electrons. The Hall–Kier alpha value is -7.11. The van der Waals surface area contributed by atoms with Gasteiger partial charge in [-0.2, -0.15) is 4.98 Å². The van der Waals surface area contributed by atoms with Gasteiger partial charge in [-0.15, -0.1) is 0 Å². The van der Waals surface area contributed by atoms with Crippen molar-refractivity contribution in [1.29, 1.82) is 0 Å². The van der Waals surface area contributed by atoms with Crippen molar-refractivity contribution in [3.8, 4) is 56.2 Å². The molecule has 10 rings (SSSR count). The normalized spacial score (nSPS) is 13.0. The summed E-state index contributed by atoms with van der Waals surface area (Å²) in [6.45, 7) is 0. The van der Waals surface area contributed by atoms with Crippen LogP contribution in [-0.4, -0.2) is 19.4 Å². The standard InChI is InChI=1S/C48H32N4O/c1-2-7-17-33(16-6-1)40-28-38(47-49-42(34-18-10-4-11-19-34)31-43(50-47)35-20-12-5-13-21-35)22-25-39(40)37-23-26-41-44(30-37)52-45-29-36(32-14-8-3-9-15-32)24-27-46(45)53-48(52)51-41/h1-31,33H. The zero-order valence-electron chi connectivity index (χ0n) is 28.7. The first-order valence-electron chi connectivity index (χ1n) is 17.8. The number of hydrogen-bond acceptors (Lipinski definition) is 4. The molecule has 0 fully saturated rings. The van der Waals surface area contributed by atoms with E-state index in [-0.39, 0.29) is 5.92 Å². The molecule has 0 aliphatic heterocycles. The van der Waals surface area contributed by atoms with Crippen LogP contribution in [0.25, 0.3) is 84.1 Å². The summed E-state index contributed by atoms with van der Waals surface area (Å²) in [4.78, 5) is 15.2. The average molecular weight is 681 g/mol. The van der Waals surface area contributed by atoms with Crippen LogP contribution in [0.15, 0.2) is 193 Å². The summed E-state index contributed by atoms with van der Waals surface area (Å²) < 4.78 is 8.40. The number of aromatic nitrogens is 4. The smallest absolute Gasteiger partial charge is 0.307 e. The summed E-state index contributed by atoms with van der Waals surface area (Å²) in [5.74, 6) is 1.30. The largest absolute Gasteiger partial charge is 0.423 e. The van der Waals surface area contributed by atoms with E-state index < -0.39 is 0 Å². The maximum Gasteiger partial charge on any atom is 0.307 e. The molecule has 9 aromatic rings. The van der Waals surface area contributed by atoms with Crippen LogP contribution in [0.5, 0.6) is 0 Å². The van der Waals surface area contributed by atoms with Gasteiger partial charge in [0.2, 0.25) is 0 Å². The van der Waals surface area contributed by atoms with E-state index >= 15 is 0 Å². The predicted octanol–water partition coefficient (Wildman–Crippen LogP) is 12.1. The molecule has 3 heterocycles. The summed E-state index contributed by atoms with van der Waals surface area (Å²) in [7, 11) is 0. The van der Waals surface area contributed by atoms with Crippen LogP contribution >= 0.6 is 0 Å². The molecule has 1 aliphatic rings. The highest BCUT2D eigenvalue weighted by Crippen LogP contribution is 2.38. The zero-order chi connectivity index (χ0) is 35.1. The van der Waals surface area contributed by atoms with E-state index in [9.17, 15) is 0 Å². The Bertz CT molecular complexity index is 2810. The van der Waals surface area contributed by atoms with Gasteiger partial charge in [0, 0.05) is 22.6 Å². The van der Waals surface area contributed by atoms with E-state index in [0.29, 0.717) is 11.7 Å². The molecular weight excluding hydrogens is 649 g/mol. The van der Waals surface area contributed by atoms with Crippen molar-refractivity contribution < 1.29 is 4.42 Å². The van der Waals surface area contributed by atoms with E-state index in [4.69, 9.17) is 19.4 Å². The van der Waals surface area contributed by atoms with Gasteiger partial charge in [0.1, 0.15) is 0 Å². The molecule has 0 spiro atoms. The fourth-order valence-electron chi connectivity index (χ4n) is 7.31. The summed E-state index contributed by atoms with van der Waals surface area (Å²) in [6, 6.07) is 52.6. The summed E-state index contributed by atoms with van der Waals surface area (Å²) in [5.41, 5.74) is 14.2. The summed E-state index contributed by atoms with van der Waals surface area (Å²) in [5, 5.41) is 0. The van der Waals surface area contributed by atoms with Crippen LogP contribution in [-0.2, 0) is 0 Å². The second kappa shape index (κ2) is 12.9. The van der Waals surface area contributed by atoms with Crippen LogP contribution in [0.1, 0.15) is 11.5 Å². The lowest BCUT2D eigenvalue weighted by Gasteiger charge is -2.17. The van der Waals surface area contributed by atoms with Gasteiger partial charge < -0.3 is 4.42 Å². The van der Waals surface area contributed by atoms with Gasteiger partial charge in [-0.05, 0) is 64.2 Å². The van der Waals surface area contributed by atoms with Crippen molar-refractivity contribution in [1.82, 2.24) is 19.4 Å². The maximum atomic E-state index is 6.27. The molecule has 3 aromatic heterocycles. The first-order chi connectivity index (χ1) is 26.2. The molecule has 0 bridgehead atoms. The number of oxazole rings is 1. The molecule has 0 amide bonds. The van der Waals surface area contributed by atoms with Crippen molar-refractivity contribution >= 4 is 28.0 Å². The molecule has 0 atom stereocenters. The fourth-order valence-corrected chi connectivity index (χ4v) is 7.31. The molecule has 0 unspecified atom stereocenters. The first kappa shape index (κ1) is 30.7. The second-order valence-electron chi connectivity index (χ2n) is 13.3. The van der Waals surface area contributed by atoms with Crippen LogP contribution < -0.4 is 0 Å². The minimum absolute atomic E-state index is 0.0372. The number of fused-ring (bicyclic) bond motifs is 5. The third-order valence-electron chi connectivity index (χ3n) is 9.95. The summed E-state index contributed by atoms with van der Waals surface area (Å²) in [6.07, 6.45) is 12.9. The Morgan fingerprint density at radius 2 is 1.06 bits per heavy atom. The van der Waals surface area contributed by atoms with E-state index in [1.54, 1.807) is 0 Å². The quantitative estimate of drug-likeness (QED) is 0.175. The Labute approximate surface area is 306 Å². The Kier molecular flexibility index (Phi) is 7.47. The van der Waals surface area contributed by atoms with Gasteiger partial charge in [-0.1, -0.05) is 152 Å². The predicted molar refractivity (Wildman–Crippen MR) is 215 cm³/mol. The third kappa shape index (κ3) is 5.65. The minimum atomic E-state index is 0.0372. The van der Waals surface area contributed by atoms with Crippen LogP contribution in [0.2, 0.25) is 0 Å². The lowest BCUT2D eigenvalue weighted by atomic mass is 9.88. The van der Waals surface area contributed by atoms with Gasteiger partial charge >= 0.3 is 5.84 Å². The van der Waals surface area contributed by atoms with Crippen molar-refractivity contribution in [3.05, 3.63) is 194 Å². The topological polar surface area (TPSA) is 56.2 Å². The molecule has 1 aliphatic carbocycles. The molecule has 53 heavy (non-hydrogen) atoms. The molecular formula is C48H32N4O. The van der Waals surface area contributed by atoms with Crippen molar-refractivity contribution in [2.24, 2.45) is 0 Å². The SMILES string of the molecule is C1=CC=CC(c2cc(-c3nc(-c4ccccc4)cc(-c4ccccc4)n3)ccc2-c2ccc3nc4oc5ccc(-c6ccccc6)cc5n4c3c2)C=C1. The lowest BCUT2D eigenvalue weighted by Crippen LogP contribution is -2.00. The molecule has 6 aromatic carbocycles. The minimum Gasteiger partial charge on any atom is -0.423 e. The van der Waals surface area contributed by atoms with Gasteiger partial charge in [0.25, 0.3) is 0 Å². The number of benzene rings is 6. The molecule has 0 radical (unpaired) electrons. The number of rotatable bonds is 6. The molecule has 5 nitrogen and oxygen atoms in total. The molecule has 0 saturated carbocycles. The Morgan fingerprint density at radius 3 is 1.74 bits per heavy atom. The average Bonchev–Trinajstić information content (AvgIpc) is 3.63. The van der Waals surface area contributed by atoms with Crippen LogP contribution in [0.3, 0.4) is 0 Å². The summed E-state index contributed by atoms with van der Waals surface area (Å²) >= 11 is 0. The van der Waals surface area contributed by atoms with E-state index in [0.717, 1.165) is 78.0 Å². The number of imidazole rings is 1. The third-order valence-corrected chi connectivity index (χ3v) is 9.95. The lowest BCUT2D eigenvalue weighted by molar-refractivity contribution is 0.643. The highest BCUT2D eigenvalue weighted by molar-refractivity contribution is 5.93. The first-order valence-corrected chi connectivity index (χ1v) is 17.8. The molecule has 5 heteroatoms. The number of nitrogens with zero attached hydrogens (tertiary/aromatic N) is 4. The number of allylic oxidation sites excluding steroid dienone is 6. The van der Waals surface area contributed by atoms with E-state index in [2.05, 4.69) is 144 Å². The van der Waals surface area contributed by atoms with Crippen LogP contribution in [0, 0.1) is 0 Å². The van der Waals surface area contributed by atoms with Crippen LogP contribution in [0.4, 0.5) is 0 Å². The van der Waals surface area contributed by atoms with Gasteiger partial charge in [0.15, 0.2) is 11.4 Å². The monoisotopic (exact) mass is 680 g/mol. The molecule has 0 N–H and O–H groups in total.